The van der Waals surface area contributed by atoms with Gasteiger partial charge in [0, 0.05) is 24.9 Å². The number of methoxy groups -OCH3 is 1. The number of ether oxygens (including phenoxy) is 1. The van der Waals surface area contributed by atoms with Crippen LogP contribution in [0, 0.1) is 0 Å². The molecule has 0 N–H and O–H groups in total. The summed E-state index contributed by atoms with van der Waals surface area (Å²) in [5, 5.41) is 1.21. The maximum Gasteiger partial charge on any atom is 0.266 e. The van der Waals surface area contributed by atoms with Gasteiger partial charge in [-0.15, -0.1) is 0 Å². The van der Waals surface area contributed by atoms with Gasteiger partial charge in [0.2, 0.25) is 0 Å². The molecule has 0 atom stereocenters. The Bertz CT molecular complexity index is 927. The molecule has 1 aliphatic rings. The number of piperidine rings is 1. The van der Waals surface area contributed by atoms with Crippen LogP contribution in [0.2, 0.25) is 0 Å². The van der Waals surface area contributed by atoms with Crippen LogP contribution >= 0.6 is 11.3 Å². The van der Waals surface area contributed by atoms with Crippen molar-refractivity contribution in [1.29, 1.82) is 0 Å². The molecule has 3 nitrogen and oxygen atoms in total. The molecule has 2 aromatic carbocycles. The fourth-order valence-electron chi connectivity index (χ4n) is 3.63. The summed E-state index contributed by atoms with van der Waals surface area (Å²) in [4.78, 5) is 2.50. The van der Waals surface area contributed by atoms with Crippen molar-refractivity contribution >= 4 is 39.4 Å². The van der Waals surface area contributed by atoms with Crippen molar-refractivity contribution in [1.82, 2.24) is 0 Å². The Morgan fingerprint density at radius 3 is 2.44 bits per heavy atom. The van der Waals surface area contributed by atoms with Crippen molar-refractivity contribution < 1.29 is 33.3 Å². The van der Waals surface area contributed by atoms with E-state index in [0.717, 1.165) is 11.3 Å². The van der Waals surface area contributed by atoms with Gasteiger partial charge < -0.3 is 33.6 Å². The SMILES string of the molecule is COc1cccc2sc(C=Cc3ccc(N4CCCCC4)cc3)[n+](C)c12.[I-]. The van der Waals surface area contributed by atoms with Crippen LogP contribution in [0.1, 0.15) is 29.8 Å². The molecule has 3 aromatic rings. The molecule has 1 aliphatic heterocycles. The van der Waals surface area contributed by atoms with E-state index in [-0.39, 0.29) is 24.0 Å². The molecule has 0 bridgehead atoms. The van der Waals surface area contributed by atoms with Gasteiger partial charge in [0.25, 0.3) is 10.5 Å². The monoisotopic (exact) mass is 492 g/mol. The summed E-state index contributed by atoms with van der Waals surface area (Å²) in [5.74, 6) is 0.923. The molecule has 0 spiro atoms. The number of rotatable bonds is 4. The van der Waals surface area contributed by atoms with Gasteiger partial charge in [0.15, 0.2) is 5.75 Å². The molecular weight excluding hydrogens is 467 g/mol. The summed E-state index contributed by atoms with van der Waals surface area (Å²) in [6, 6.07) is 15.1. The summed E-state index contributed by atoms with van der Waals surface area (Å²) in [6.45, 7) is 2.38. The molecule has 142 valence electrons. The van der Waals surface area contributed by atoms with Gasteiger partial charge in [-0.1, -0.05) is 29.5 Å². The molecule has 27 heavy (non-hydrogen) atoms. The van der Waals surface area contributed by atoms with Crippen LogP contribution in [0.25, 0.3) is 22.4 Å². The number of benzene rings is 2. The van der Waals surface area contributed by atoms with Gasteiger partial charge >= 0.3 is 0 Å². The molecule has 1 saturated heterocycles. The lowest BCUT2D eigenvalue weighted by molar-refractivity contribution is -0.642. The molecule has 1 aromatic heterocycles. The minimum absolute atomic E-state index is 0. The predicted octanol–water partition coefficient (Wildman–Crippen LogP) is 1.90. The first-order valence-electron chi connectivity index (χ1n) is 9.25. The van der Waals surface area contributed by atoms with Crippen molar-refractivity contribution in [3.63, 3.8) is 0 Å². The smallest absolute Gasteiger partial charge is 0.266 e. The average molecular weight is 492 g/mol. The second kappa shape index (κ2) is 9.06. The first-order valence-corrected chi connectivity index (χ1v) is 10.1. The van der Waals surface area contributed by atoms with E-state index in [1.54, 1.807) is 18.4 Å². The maximum atomic E-state index is 5.51. The van der Waals surface area contributed by atoms with E-state index in [1.165, 1.54) is 53.3 Å². The third kappa shape index (κ3) is 4.29. The summed E-state index contributed by atoms with van der Waals surface area (Å²) < 4.78 is 8.96. The number of fused-ring (bicyclic) bond motifs is 1. The van der Waals surface area contributed by atoms with E-state index < -0.39 is 0 Å². The molecule has 1 fully saturated rings. The van der Waals surface area contributed by atoms with Crippen molar-refractivity contribution in [2.24, 2.45) is 7.05 Å². The van der Waals surface area contributed by atoms with Gasteiger partial charge in [-0.3, -0.25) is 0 Å². The minimum Gasteiger partial charge on any atom is -1.00 e. The number of halogens is 1. The molecule has 0 unspecified atom stereocenters. The van der Waals surface area contributed by atoms with Crippen LogP contribution in [0.4, 0.5) is 5.69 Å². The zero-order valence-electron chi connectivity index (χ0n) is 15.8. The summed E-state index contributed by atoms with van der Waals surface area (Å²) in [6.07, 6.45) is 8.38. The number of nitrogens with zero attached hydrogens (tertiary/aromatic N) is 2. The Labute approximate surface area is 182 Å². The van der Waals surface area contributed by atoms with Gasteiger partial charge in [-0.25, -0.2) is 0 Å². The number of aromatic nitrogens is 1. The van der Waals surface area contributed by atoms with Gasteiger partial charge in [0.1, 0.15) is 11.7 Å². The zero-order valence-corrected chi connectivity index (χ0v) is 18.8. The van der Waals surface area contributed by atoms with Gasteiger partial charge in [-0.2, -0.15) is 4.57 Å². The van der Waals surface area contributed by atoms with E-state index in [0.29, 0.717) is 0 Å². The van der Waals surface area contributed by atoms with E-state index >= 15 is 0 Å². The van der Waals surface area contributed by atoms with Crippen LogP contribution in [-0.2, 0) is 7.05 Å². The Morgan fingerprint density at radius 1 is 1.00 bits per heavy atom. The van der Waals surface area contributed by atoms with E-state index in [9.17, 15) is 0 Å². The normalized spacial score (nSPS) is 14.5. The number of anilines is 1. The molecule has 5 heteroatoms. The third-order valence-corrected chi connectivity index (χ3v) is 6.26. The number of thiazole rings is 1. The quantitative estimate of drug-likeness (QED) is 0.409. The third-order valence-electron chi connectivity index (χ3n) is 5.10. The highest BCUT2D eigenvalue weighted by molar-refractivity contribution is 7.19. The predicted molar refractivity (Wildman–Crippen MR) is 111 cm³/mol. The second-order valence-corrected chi connectivity index (χ2v) is 7.84. The van der Waals surface area contributed by atoms with Crippen LogP contribution in [0.3, 0.4) is 0 Å². The van der Waals surface area contributed by atoms with Crippen LogP contribution < -0.4 is 38.2 Å². The highest BCUT2D eigenvalue weighted by atomic mass is 127. The summed E-state index contributed by atoms with van der Waals surface area (Å²) >= 11 is 1.79. The molecule has 0 saturated carbocycles. The van der Waals surface area contributed by atoms with Crippen molar-refractivity contribution in [2.75, 3.05) is 25.1 Å². The first kappa shape index (κ1) is 20.1. The maximum absolute atomic E-state index is 5.51. The first-order chi connectivity index (χ1) is 12.8. The van der Waals surface area contributed by atoms with Crippen LogP contribution in [0.5, 0.6) is 5.75 Å². The topological polar surface area (TPSA) is 16.4 Å². The Balaban J connectivity index is 0.00000210. The minimum atomic E-state index is 0. The van der Waals surface area contributed by atoms with E-state index in [2.05, 4.69) is 59.0 Å². The Kier molecular flexibility index (Phi) is 6.76. The Hall–Kier alpha value is -1.60. The van der Waals surface area contributed by atoms with Crippen LogP contribution in [-0.4, -0.2) is 20.2 Å². The molecular formula is C22H25IN2OS. The number of para-hydroxylation sites is 1. The van der Waals surface area contributed by atoms with E-state index in [4.69, 9.17) is 4.74 Å². The lowest BCUT2D eigenvalue weighted by Gasteiger charge is -2.28. The summed E-state index contributed by atoms with van der Waals surface area (Å²) in [7, 11) is 3.83. The average Bonchev–Trinajstić information content (AvgIpc) is 3.03. The molecule has 0 amide bonds. The lowest BCUT2D eigenvalue weighted by Crippen LogP contribution is -3.00. The number of hydrogen-bond acceptors (Lipinski definition) is 3. The molecule has 4 rings (SSSR count). The second-order valence-electron chi connectivity index (χ2n) is 6.78. The number of hydrogen-bond donors (Lipinski definition) is 0. The van der Waals surface area contributed by atoms with Crippen molar-refractivity contribution in [3.05, 3.63) is 53.0 Å². The Morgan fingerprint density at radius 2 is 1.74 bits per heavy atom. The molecule has 0 aliphatic carbocycles. The fraction of sp³-hybridized carbons (Fsp3) is 0.318. The largest absolute Gasteiger partial charge is 1.00 e. The van der Waals surface area contributed by atoms with Crippen LogP contribution in [0.15, 0.2) is 42.5 Å². The highest BCUT2D eigenvalue weighted by Gasteiger charge is 2.18. The summed E-state index contributed by atoms with van der Waals surface area (Å²) in [5.41, 5.74) is 3.73. The lowest BCUT2D eigenvalue weighted by atomic mass is 10.1. The van der Waals surface area contributed by atoms with Gasteiger partial charge in [-0.05, 0) is 55.2 Å². The van der Waals surface area contributed by atoms with E-state index in [1.807, 2.05) is 12.1 Å². The zero-order chi connectivity index (χ0) is 17.9. The van der Waals surface area contributed by atoms with Gasteiger partial charge in [0.05, 0.1) is 7.11 Å². The molecule has 0 radical (unpaired) electrons. The highest BCUT2D eigenvalue weighted by Crippen LogP contribution is 2.29. The standard InChI is InChI=1S/C22H25N2OS.HI/c1-23-21(26-20-8-6-7-19(25-2)22(20)23)14-11-17-9-12-18(13-10-17)24-15-4-3-5-16-24;/h6-14H,3-5,15-16H2,1-2H3;1H/q+1;/p-1. The fourth-order valence-corrected chi connectivity index (χ4v) is 4.70. The molecule has 2 heterocycles. The van der Waals surface area contributed by atoms with Crippen molar-refractivity contribution in [3.8, 4) is 5.75 Å². The van der Waals surface area contributed by atoms with Crippen molar-refractivity contribution in [2.45, 2.75) is 19.3 Å². The number of aryl methyl sites for hydroxylation is 1.